The first-order valence-electron chi connectivity index (χ1n) is 7.96. The summed E-state index contributed by atoms with van der Waals surface area (Å²) in [6.45, 7) is 5.74. The molecule has 24 heavy (non-hydrogen) atoms. The van der Waals surface area contributed by atoms with E-state index in [0.29, 0.717) is 17.8 Å². The second-order valence-corrected chi connectivity index (χ2v) is 5.79. The Hall–Kier alpha value is -2.25. The van der Waals surface area contributed by atoms with Gasteiger partial charge in [0.15, 0.2) is 0 Å². The van der Waals surface area contributed by atoms with Crippen LogP contribution in [-0.2, 0) is 4.74 Å². The van der Waals surface area contributed by atoms with Gasteiger partial charge in [-0.2, -0.15) is 0 Å². The van der Waals surface area contributed by atoms with Gasteiger partial charge in [0.1, 0.15) is 11.5 Å². The Labute approximate surface area is 139 Å². The molecule has 1 aliphatic rings. The van der Waals surface area contributed by atoms with Gasteiger partial charge < -0.3 is 14.6 Å². The predicted octanol–water partition coefficient (Wildman–Crippen LogP) is 1.93. The van der Waals surface area contributed by atoms with E-state index >= 15 is 0 Å². The number of rotatable bonds is 5. The fourth-order valence-corrected chi connectivity index (χ4v) is 2.64. The summed E-state index contributed by atoms with van der Waals surface area (Å²) >= 11 is 0. The van der Waals surface area contributed by atoms with Gasteiger partial charge in [-0.05, 0) is 19.1 Å². The van der Waals surface area contributed by atoms with Crippen LogP contribution in [0.3, 0.4) is 0 Å². The van der Waals surface area contributed by atoms with Crippen molar-refractivity contribution in [1.82, 2.24) is 15.4 Å². The molecule has 1 atom stereocenters. The highest BCUT2D eigenvalue weighted by atomic mass is 19.1. The number of nitrogens with one attached hydrogen (secondary N) is 1. The van der Waals surface area contributed by atoms with E-state index in [0.717, 1.165) is 26.3 Å². The number of carbonyl (C=O) groups excluding carboxylic acids is 1. The SMILES string of the molecule is C[C@H](CNC(=O)c1cc(-c2cccc(F)c2)no1)N1CCOCC1. The molecule has 1 amide bonds. The lowest BCUT2D eigenvalue weighted by atomic mass is 10.1. The van der Waals surface area contributed by atoms with Crippen LogP contribution in [0.4, 0.5) is 4.39 Å². The van der Waals surface area contributed by atoms with Crippen molar-refractivity contribution in [3.63, 3.8) is 0 Å². The van der Waals surface area contributed by atoms with E-state index in [1.807, 2.05) is 0 Å². The van der Waals surface area contributed by atoms with Crippen LogP contribution in [-0.4, -0.2) is 54.9 Å². The van der Waals surface area contributed by atoms with Crippen molar-refractivity contribution >= 4 is 5.91 Å². The summed E-state index contributed by atoms with van der Waals surface area (Å²) in [5.41, 5.74) is 1.00. The highest BCUT2D eigenvalue weighted by Crippen LogP contribution is 2.19. The van der Waals surface area contributed by atoms with Crippen LogP contribution in [0.5, 0.6) is 0 Å². The van der Waals surface area contributed by atoms with Crippen LogP contribution in [0.2, 0.25) is 0 Å². The zero-order chi connectivity index (χ0) is 16.9. The number of hydrogen-bond acceptors (Lipinski definition) is 5. The lowest BCUT2D eigenvalue weighted by Gasteiger charge is -2.32. The molecule has 2 heterocycles. The summed E-state index contributed by atoms with van der Waals surface area (Å²) in [5, 5.41) is 6.68. The molecule has 128 valence electrons. The number of aromatic nitrogens is 1. The van der Waals surface area contributed by atoms with E-state index in [1.54, 1.807) is 12.1 Å². The van der Waals surface area contributed by atoms with E-state index in [4.69, 9.17) is 9.26 Å². The first-order valence-corrected chi connectivity index (χ1v) is 7.96. The minimum absolute atomic E-state index is 0.114. The summed E-state index contributed by atoms with van der Waals surface area (Å²) in [6, 6.07) is 7.73. The number of amides is 1. The topological polar surface area (TPSA) is 67.6 Å². The fourth-order valence-electron chi connectivity index (χ4n) is 2.64. The van der Waals surface area contributed by atoms with Gasteiger partial charge in [-0.1, -0.05) is 17.3 Å². The number of halogens is 1. The van der Waals surface area contributed by atoms with Crippen LogP contribution in [0.15, 0.2) is 34.9 Å². The standard InChI is InChI=1S/C17H20FN3O3/c1-12(21-5-7-23-8-6-21)11-19-17(22)16-10-15(20-24-16)13-3-2-4-14(18)9-13/h2-4,9-10,12H,5-8,11H2,1H3,(H,19,22)/t12-/m1/s1. The number of hydrogen-bond donors (Lipinski definition) is 1. The first kappa shape index (κ1) is 16.6. The van der Waals surface area contributed by atoms with E-state index in [2.05, 4.69) is 22.3 Å². The van der Waals surface area contributed by atoms with Gasteiger partial charge in [0, 0.05) is 37.3 Å². The van der Waals surface area contributed by atoms with Gasteiger partial charge in [0.2, 0.25) is 5.76 Å². The van der Waals surface area contributed by atoms with Crippen molar-refractivity contribution in [2.45, 2.75) is 13.0 Å². The Kier molecular flexibility index (Phi) is 5.22. The molecule has 0 spiro atoms. The number of morpholine rings is 1. The number of carbonyl (C=O) groups is 1. The van der Waals surface area contributed by atoms with Crippen LogP contribution in [0, 0.1) is 5.82 Å². The van der Waals surface area contributed by atoms with E-state index in [9.17, 15) is 9.18 Å². The normalized spacial score (nSPS) is 16.8. The third-order valence-electron chi connectivity index (χ3n) is 4.08. The molecule has 1 N–H and O–H groups in total. The second kappa shape index (κ2) is 7.55. The minimum Gasteiger partial charge on any atom is -0.379 e. The predicted molar refractivity (Wildman–Crippen MR) is 86.1 cm³/mol. The summed E-state index contributed by atoms with van der Waals surface area (Å²) in [5.74, 6) is -0.575. The molecule has 6 nitrogen and oxygen atoms in total. The van der Waals surface area contributed by atoms with E-state index in [-0.39, 0.29) is 23.5 Å². The maximum Gasteiger partial charge on any atom is 0.289 e. The maximum absolute atomic E-state index is 13.3. The third kappa shape index (κ3) is 3.98. The van der Waals surface area contributed by atoms with Gasteiger partial charge in [0.25, 0.3) is 5.91 Å². The second-order valence-electron chi connectivity index (χ2n) is 5.79. The Bertz CT molecular complexity index is 698. The van der Waals surface area contributed by atoms with Crippen molar-refractivity contribution in [2.24, 2.45) is 0 Å². The molecule has 7 heteroatoms. The van der Waals surface area contributed by atoms with Gasteiger partial charge >= 0.3 is 0 Å². The average molecular weight is 333 g/mol. The van der Waals surface area contributed by atoms with E-state index in [1.165, 1.54) is 18.2 Å². The summed E-state index contributed by atoms with van der Waals surface area (Å²) in [6.07, 6.45) is 0. The molecule has 1 aliphatic heterocycles. The number of nitrogens with zero attached hydrogens (tertiary/aromatic N) is 2. The summed E-state index contributed by atoms with van der Waals surface area (Å²) < 4.78 is 23.7. The summed E-state index contributed by atoms with van der Waals surface area (Å²) in [7, 11) is 0. The molecular formula is C17H20FN3O3. The van der Waals surface area contributed by atoms with Gasteiger partial charge in [-0.15, -0.1) is 0 Å². The first-order chi connectivity index (χ1) is 11.6. The zero-order valence-electron chi connectivity index (χ0n) is 13.5. The lowest BCUT2D eigenvalue weighted by molar-refractivity contribution is 0.0203. The van der Waals surface area contributed by atoms with Crippen LogP contribution in [0.25, 0.3) is 11.3 Å². The Morgan fingerprint density at radius 3 is 2.92 bits per heavy atom. The van der Waals surface area contributed by atoms with Crippen LogP contribution in [0.1, 0.15) is 17.5 Å². The van der Waals surface area contributed by atoms with Gasteiger partial charge in [-0.25, -0.2) is 4.39 Å². The van der Waals surface area contributed by atoms with Gasteiger partial charge in [0.05, 0.1) is 13.2 Å². The molecule has 0 saturated carbocycles. The summed E-state index contributed by atoms with van der Waals surface area (Å²) in [4.78, 5) is 14.4. The quantitative estimate of drug-likeness (QED) is 0.906. The van der Waals surface area contributed by atoms with Gasteiger partial charge in [-0.3, -0.25) is 9.69 Å². The highest BCUT2D eigenvalue weighted by molar-refractivity contribution is 5.92. The Balaban J connectivity index is 1.57. The molecule has 3 rings (SSSR count). The highest BCUT2D eigenvalue weighted by Gasteiger charge is 2.19. The third-order valence-corrected chi connectivity index (χ3v) is 4.08. The van der Waals surface area contributed by atoms with Crippen molar-refractivity contribution in [3.05, 3.63) is 41.9 Å². The molecule has 0 aliphatic carbocycles. The van der Waals surface area contributed by atoms with Crippen molar-refractivity contribution in [1.29, 1.82) is 0 Å². The number of benzene rings is 1. The molecular weight excluding hydrogens is 313 g/mol. The van der Waals surface area contributed by atoms with E-state index < -0.39 is 0 Å². The molecule has 1 aromatic heterocycles. The maximum atomic E-state index is 13.3. The molecule has 2 aromatic rings. The largest absolute Gasteiger partial charge is 0.379 e. The van der Waals surface area contributed by atoms with Crippen molar-refractivity contribution in [2.75, 3.05) is 32.8 Å². The van der Waals surface area contributed by atoms with Crippen LogP contribution >= 0.6 is 0 Å². The van der Waals surface area contributed by atoms with Crippen molar-refractivity contribution in [3.8, 4) is 11.3 Å². The Morgan fingerprint density at radius 1 is 1.38 bits per heavy atom. The number of ether oxygens (including phenoxy) is 1. The molecule has 0 radical (unpaired) electrons. The van der Waals surface area contributed by atoms with Crippen molar-refractivity contribution < 1.29 is 18.4 Å². The zero-order valence-corrected chi connectivity index (χ0v) is 13.5. The van der Waals surface area contributed by atoms with Crippen LogP contribution < -0.4 is 5.32 Å². The molecule has 1 aromatic carbocycles. The lowest BCUT2D eigenvalue weighted by Crippen LogP contribution is -2.47. The molecule has 1 saturated heterocycles. The molecule has 1 fully saturated rings. The molecule has 0 unspecified atom stereocenters. The molecule has 0 bridgehead atoms. The Morgan fingerprint density at radius 2 is 2.17 bits per heavy atom. The smallest absolute Gasteiger partial charge is 0.289 e. The minimum atomic E-state index is -0.360. The monoisotopic (exact) mass is 333 g/mol. The average Bonchev–Trinajstić information content (AvgIpc) is 3.10. The fraction of sp³-hybridized carbons (Fsp3) is 0.412.